The van der Waals surface area contributed by atoms with Crippen LogP contribution in [0.5, 0.6) is 0 Å². The average molecular weight is 262 g/mol. The topological polar surface area (TPSA) is 55.5 Å². The Balaban J connectivity index is 2.82. The minimum absolute atomic E-state index is 0.0363. The molecule has 5 heteroatoms. The zero-order valence-corrected chi connectivity index (χ0v) is 10.6. The summed E-state index contributed by atoms with van der Waals surface area (Å²) in [6, 6.07) is 4.34. The van der Waals surface area contributed by atoms with Crippen LogP contribution >= 0.6 is 11.6 Å². The summed E-state index contributed by atoms with van der Waals surface area (Å²) in [7, 11) is 0. The summed E-state index contributed by atoms with van der Waals surface area (Å²) in [5, 5.41) is 9.40. The van der Waals surface area contributed by atoms with Crippen LogP contribution < -0.4 is 5.73 Å². The van der Waals surface area contributed by atoms with Crippen LogP contribution in [0.4, 0.5) is 4.39 Å². The lowest BCUT2D eigenvalue weighted by Gasteiger charge is -2.23. The predicted molar refractivity (Wildman–Crippen MR) is 65.4 cm³/mol. The molecule has 3 unspecified atom stereocenters. The standard InChI is InChI=1S/C12H17ClFNO2/c1-7(16)8(2)17-12(6-15)9-3-4-11(14)10(13)5-9/h3-5,7-8,12,16H,6,15H2,1-2H3. The van der Waals surface area contributed by atoms with Crippen LogP contribution in [0.1, 0.15) is 25.5 Å². The fourth-order valence-electron chi connectivity index (χ4n) is 1.36. The van der Waals surface area contributed by atoms with Crippen LogP contribution in [0.15, 0.2) is 18.2 Å². The van der Waals surface area contributed by atoms with Crippen molar-refractivity contribution >= 4 is 11.6 Å². The van der Waals surface area contributed by atoms with E-state index >= 15 is 0 Å². The van der Waals surface area contributed by atoms with Crippen molar-refractivity contribution in [3.8, 4) is 0 Å². The lowest BCUT2D eigenvalue weighted by atomic mass is 10.1. The van der Waals surface area contributed by atoms with Crippen molar-refractivity contribution in [2.75, 3.05) is 6.54 Å². The second kappa shape index (κ2) is 6.31. The molecule has 3 nitrogen and oxygen atoms in total. The molecule has 0 bridgehead atoms. The van der Waals surface area contributed by atoms with Crippen molar-refractivity contribution in [1.82, 2.24) is 0 Å². The Hall–Kier alpha value is -0.680. The highest BCUT2D eigenvalue weighted by Gasteiger charge is 2.18. The third kappa shape index (κ3) is 3.92. The Kier molecular flexibility index (Phi) is 5.33. The van der Waals surface area contributed by atoms with Gasteiger partial charge in [0.1, 0.15) is 5.82 Å². The molecule has 0 fully saturated rings. The van der Waals surface area contributed by atoms with Crippen molar-refractivity contribution in [3.63, 3.8) is 0 Å². The van der Waals surface area contributed by atoms with Crippen LogP contribution in [0.2, 0.25) is 5.02 Å². The lowest BCUT2D eigenvalue weighted by molar-refractivity contribution is -0.0591. The Morgan fingerprint density at radius 1 is 1.47 bits per heavy atom. The van der Waals surface area contributed by atoms with Crippen molar-refractivity contribution in [2.24, 2.45) is 5.73 Å². The third-order valence-corrected chi connectivity index (χ3v) is 2.88. The van der Waals surface area contributed by atoms with Gasteiger partial charge in [-0.2, -0.15) is 0 Å². The van der Waals surface area contributed by atoms with E-state index in [2.05, 4.69) is 0 Å². The summed E-state index contributed by atoms with van der Waals surface area (Å²) >= 11 is 5.69. The van der Waals surface area contributed by atoms with E-state index < -0.39 is 18.0 Å². The summed E-state index contributed by atoms with van der Waals surface area (Å²) in [5.41, 5.74) is 6.30. The number of hydrogen-bond acceptors (Lipinski definition) is 3. The molecule has 1 rings (SSSR count). The molecule has 0 aromatic heterocycles. The van der Waals surface area contributed by atoms with E-state index in [0.29, 0.717) is 5.56 Å². The van der Waals surface area contributed by atoms with E-state index in [1.165, 1.54) is 12.1 Å². The molecule has 3 N–H and O–H groups in total. The second-order valence-corrected chi connectivity index (χ2v) is 4.39. The summed E-state index contributed by atoms with van der Waals surface area (Å²) in [6.07, 6.45) is -1.36. The van der Waals surface area contributed by atoms with Crippen LogP contribution in [-0.4, -0.2) is 23.9 Å². The summed E-state index contributed by atoms with van der Waals surface area (Å²) < 4.78 is 18.6. The summed E-state index contributed by atoms with van der Waals surface area (Å²) in [4.78, 5) is 0. The molecule has 3 atom stereocenters. The Morgan fingerprint density at radius 2 is 2.12 bits per heavy atom. The van der Waals surface area contributed by atoms with Gasteiger partial charge in [0.25, 0.3) is 0 Å². The Bertz CT molecular complexity index is 374. The molecule has 96 valence electrons. The number of rotatable bonds is 5. The van der Waals surface area contributed by atoms with Gasteiger partial charge in [0.2, 0.25) is 0 Å². The Morgan fingerprint density at radius 3 is 2.59 bits per heavy atom. The van der Waals surface area contributed by atoms with E-state index in [-0.39, 0.29) is 17.7 Å². The van der Waals surface area contributed by atoms with Gasteiger partial charge < -0.3 is 15.6 Å². The van der Waals surface area contributed by atoms with Gasteiger partial charge in [-0.3, -0.25) is 0 Å². The first kappa shape index (κ1) is 14.4. The number of aliphatic hydroxyl groups is 1. The first-order chi connectivity index (χ1) is 7.95. The second-order valence-electron chi connectivity index (χ2n) is 3.98. The molecule has 0 amide bonds. The maximum atomic E-state index is 13.0. The van der Waals surface area contributed by atoms with Gasteiger partial charge in [-0.05, 0) is 31.5 Å². The normalized spacial score (nSPS) is 16.6. The molecule has 0 saturated heterocycles. The first-order valence-corrected chi connectivity index (χ1v) is 5.82. The number of benzene rings is 1. The maximum Gasteiger partial charge on any atom is 0.141 e. The zero-order chi connectivity index (χ0) is 13.0. The van der Waals surface area contributed by atoms with Crippen LogP contribution in [0.25, 0.3) is 0 Å². The zero-order valence-electron chi connectivity index (χ0n) is 9.86. The van der Waals surface area contributed by atoms with Crippen LogP contribution in [0.3, 0.4) is 0 Å². The van der Waals surface area contributed by atoms with E-state index in [4.69, 9.17) is 22.1 Å². The fourth-order valence-corrected chi connectivity index (χ4v) is 1.54. The van der Waals surface area contributed by atoms with Crippen LogP contribution in [0, 0.1) is 5.82 Å². The molecular formula is C12H17ClFNO2. The molecule has 0 aliphatic carbocycles. The van der Waals surface area contributed by atoms with Gasteiger partial charge in [0.15, 0.2) is 0 Å². The van der Waals surface area contributed by atoms with E-state index in [1.807, 2.05) is 0 Å². The number of ether oxygens (including phenoxy) is 1. The predicted octanol–water partition coefficient (Wildman–Crippen LogP) is 2.26. The van der Waals surface area contributed by atoms with E-state index in [9.17, 15) is 9.50 Å². The number of nitrogens with two attached hydrogens (primary N) is 1. The molecular weight excluding hydrogens is 245 g/mol. The van der Waals surface area contributed by atoms with Crippen molar-refractivity contribution in [1.29, 1.82) is 0 Å². The van der Waals surface area contributed by atoms with Crippen LogP contribution in [-0.2, 0) is 4.74 Å². The average Bonchev–Trinajstić information content (AvgIpc) is 2.29. The van der Waals surface area contributed by atoms with Gasteiger partial charge in [0.05, 0.1) is 23.3 Å². The minimum atomic E-state index is -0.597. The molecule has 0 aliphatic rings. The van der Waals surface area contributed by atoms with Gasteiger partial charge in [-0.15, -0.1) is 0 Å². The lowest BCUT2D eigenvalue weighted by Crippen LogP contribution is -2.28. The highest BCUT2D eigenvalue weighted by molar-refractivity contribution is 6.30. The molecule has 0 aliphatic heterocycles. The monoisotopic (exact) mass is 261 g/mol. The number of hydrogen-bond donors (Lipinski definition) is 2. The molecule has 0 saturated carbocycles. The fraction of sp³-hybridized carbons (Fsp3) is 0.500. The van der Waals surface area contributed by atoms with E-state index in [1.54, 1.807) is 19.9 Å². The SMILES string of the molecule is CC(O)C(C)OC(CN)c1ccc(F)c(Cl)c1. The molecule has 0 radical (unpaired) electrons. The van der Waals surface area contributed by atoms with Crippen molar-refractivity contribution in [3.05, 3.63) is 34.6 Å². The van der Waals surface area contributed by atoms with Crippen molar-refractivity contribution < 1.29 is 14.2 Å². The molecule has 1 aromatic carbocycles. The minimum Gasteiger partial charge on any atom is -0.391 e. The van der Waals surface area contributed by atoms with Gasteiger partial charge >= 0.3 is 0 Å². The van der Waals surface area contributed by atoms with E-state index in [0.717, 1.165) is 0 Å². The summed E-state index contributed by atoms with van der Waals surface area (Å²) in [5.74, 6) is -0.477. The third-order valence-electron chi connectivity index (χ3n) is 2.59. The van der Waals surface area contributed by atoms with Crippen molar-refractivity contribution in [2.45, 2.75) is 32.2 Å². The van der Waals surface area contributed by atoms with Gasteiger partial charge in [-0.1, -0.05) is 17.7 Å². The molecule has 17 heavy (non-hydrogen) atoms. The number of aliphatic hydroxyl groups excluding tert-OH is 1. The molecule has 0 heterocycles. The number of halogens is 2. The first-order valence-electron chi connectivity index (χ1n) is 5.44. The smallest absolute Gasteiger partial charge is 0.141 e. The highest BCUT2D eigenvalue weighted by Crippen LogP contribution is 2.24. The quantitative estimate of drug-likeness (QED) is 0.855. The van der Waals surface area contributed by atoms with Gasteiger partial charge in [-0.25, -0.2) is 4.39 Å². The largest absolute Gasteiger partial charge is 0.391 e. The molecule has 0 spiro atoms. The summed E-state index contributed by atoms with van der Waals surface area (Å²) in [6.45, 7) is 3.62. The maximum absolute atomic E-state index is 13.0. The van der Waals surface area contributed by atoms with Gasteiger partial charge in [0, 0.05) is 6.54 Å². The molecule has 1 aromatic rings. The Labute approximate surface area is 105 Å². The highest BCUT2D eigenvalue weighted by atomic mass is 35.5.